The van der Waals surface area contributed by atoms with Crippen LogP contribution >= 0.6 is 0 Å². The van der Waals surface area contributed by atoms with Gasteiger partial charge in [0.2, 0.25) is 0 Å². The van der Waals surface area contributed by atoms with Gasteiger partial charge in [0.1, 0.15) is 0 Å². The van der Waals surface area contributed by atoms with Gasteiger partial charge in [0.15, 0.2) is 0 Å². The summed E-state index contributed by atoms with van der Waals surface area (Å²) in [5.74, 6) is 0. The average Bonchev–Trinajstić information content (AvgIpc) is 2.65. The monoisotopic (exact) mass is 167 g/mol. The summed E-state index contributed by atoms with van der Waals surface area (Å²) in [6.07, 6.45) is 3.53. The predicted octanol–water partition coefficient (Wildman–Crippen LogP) is 1.43. The van der Waals surface area contributed by atoms with Crippen molar-refractivity contribution in [2.45, 2.75) is 25.8 Å². The fourth-order valence-corrected chi connectivity index (χ4v) is 2.41. The first kappa shape index (κ1) is 8.27. The van der Waals surface area contributed by atoms with Crippen molar-refractivity contribution in [1.29, 1.82) is 0 Å². The van der Waals surface area contributed by atoms with E-state index in [1.54, 1.807) is 0 Å². The Morgan fingerprint density at radius 1 is 1.67 bits per heavy atom. The molecule has 1 spiro atoms. The van der Waals surface area contributed by atoms with Crippen LogP contribution in [0, 0.1) is 0 Å². The highest BCUT2D eigenvalue weighted by Crippen LogP contribution is 2.36. The van der Waals surface area contributed by atoms with E-state index in [0.717, 1.165) is 26.3 Å². The summed E-state index contributed by atoms with van der Waals surface area (Å²) >= 11 is 0. The zero-order valence-electron chi connectivity index (χ0n) is 7.97. The second-order valence-corrected chi connectivity index (χ2v) is 3.76. The molecule has 2 rings (SSSR count). The molecular formula is C10H17NO. The first-order chi connectivity index (χ1) is 5.79. The van der Waals surface area contributed by atoms with Crippen LogP contribution in [0.15, 0.2) is 11.6 Å². The van der Waals surface area contributed by atoms with Crippen LogP contribution in [-0.4, -0.2) is 36.7 Å². The number of rotatable bonds is 1. The van der Waals surface area contributed by atoms with Crippen LogP contribution in [0.4, 0.5) is 0 Å². The molecule has 0 aromatic heterocycles. The number of nitrogens with zero attached hydrogens (tertiary/aromatic N) is 1. The Hall–Kier alpha value is -0.340. The molecule has 0 aliphatic carbocycles. The van der Waals surface area contributed by atoms with E-state index in [1.807, 2.05) is 0 Å². The van der Waals surface area contributed by atoms with Crippen LogP contribution in [0.25, 0.3) is 0 Å². The topological polar surface area (TPSA) is 12.5 Å². The Morgan fingerprint density at radius 2 is 2.50 bits per heavy atom. The van der Waals surface area contributed by atoms with Crippen LogP contribution in [0.2, 0.25) is 0 Å². The first-order valence-corrected chi connectivity index (χ1v) is 4.79. The SMILES string of the molecule is CCN1CC=C(C)[C@@]12CCOC2. The molecule has 1 fully saturated rings. The van der Waals surface area contributed by atoms with E-state index in [9.17, 15) is 0 Å². The summed E-state index contributed by atoms with van der Waals surface area (Å²) in [6.45, 7) is 8.56. The summed E-state index contributed by atoms with van der Waals surface area (Å²) in [7, 11) is 0. The summed E-state index contributed by atoms with van der Waals surface area (Å²) in [6, 6.07) is 0. The normalized spacial score (nSPS) is 36.3. The average molecular weight is 167 g/mol. The zero-order chi connectivity index (χ0) is 8.60. The second-order valence-electron chi connectivity index (χ2n) is 3.76. The van der Waals surface area contributed by atoms with Gasteiger partial charge in [0, 0.05) is 13.2 Å². The van der Waals surface area contributed by atoms with Crippen molar-refractivity contribution in [2.75, 3.05) is 26.3 Å². The highest BCUT2D eigenvalue weighted by atomic mass is 16.5. The van der Waals surface area contributed by atoms with Crippen molar-refractivity contribution in [2.24, 2.45) is 0 Å². The van der Waals surface area contributed by atoms with E-state index >= 15 is 0 Å². The zero-order valence-corrected chi connectivity index (χ0v) is 7.97. The lowest BCUT2D eigenvalue weighted by atomic mass is 9.91. The number of likely N-dealkylation sites (N-methyl/N-ethyl adjacent to an activating group) is 1. The van der Waals surface area contributed by atoms with Crippen molar-refractivity contribution in [3.8, 4) is 0 Å². The predicted molar refractivity (Wildman–Crippen MR) is 49.2 cm³/mol. The van der Waals surface area contributed by atoms with Crippen molar-refractivity contribution < 1.29 is 4.74 Å². The van der Waals surface area contributed by atoms with Gasteiger partial charge in [-0.1, -0.05) is 18.6 Å². The van der Waals surface area contributed by atoms with E-state index in [-0.39, 0.29) is 5.54 Å². The van der Waals surface area contributed by atoms with Gasteiger partial charge in [0.25, 0.3) is 0 Å². The van der Waals surface area contributed by atoms with Crippen molar-refractivity contribution in [1.82, 2.24) is 4.90 Å². The molecule has 0 aromatic rings. The quantitative estimate of drug-likeness (QED) is 0.548. The lowest BCUT2D eigenvalue weighted by Crippen LogP contribution is -2.46. The molecule has 68 valence electrons. The molecule has 1 atom stereocenters. The van der Waals surface area contributed by atoms with Gasteiger partial charge in [-0.25, -0.2) is 0 Å². The summed E-state index contributed by atoms with van der Waals surface area (Å²) in [4.78, 5) is 2.52. The number of ether oxygens (including phenoxy) is 1. The molecule has 0 unspecified atom stereocenters. The van der Waals surface area contributed by atoms with E-state index in [0.29, 0.717) is 0 Å². The molecular weight excluding hydrogens is 150 g/mol. The third-order valence-electron chi connectivity index (χ3n) is 3.34. The van der Waals surface area contributed by atoms with E-state index < -0.39 is 0 Å². The minimum atomic E-state index is 0.286. The molecule has 0 saturated carbocycles. The standard InChI is InChI=1S/C10H17NO/c1-3-11-6-4-9(2)10(11)5-7-12-8-10/h4H,3,5-8H2,1-2H3/t10-/m0/s1. The molecule has 0 bridgehead atoms. The molecule has 12 heavy (non-hydrogen) atoms. The van der Waals surface area contributed by atoms with Crippen LogP contribution in [-0.2, 0) is 4.74 Å². The van der Waals surface area contributed by atoms with Gasteiger partial charge in [-0.2, -0.15) is 0 Å². The maximum Gasteiger partial charge on any atom is 0.0690 e. The lowest BCUT2D eigenvalue weighted by Gasteiger charge is -2.34. The largest absolute Gasteiger partial charge is 0.379 e. The van der Waals surface area contributed by atoms with Gasteiger partial charge in [-0.15, -0.1) is 0 Å². The molecule has 2 aliphatic heterocycles. The lowest BCUT2D eigenvalue weighted by molar-refractivity contribution is 0.118. The maximum atomic E-state index is 5.50. The Balaban J connectivity index is 2.23. The van der Waals surface area contributed by atoms with E-state index in [1.165, 1.54) is 12.0 Å². The molecule has 2 heteroatoms. The van der Waals surface area contributed by atoms with Gasteiger partial charge in [0.05, 0.1) is 12.1 Å². The number of hydrogen-bond donors (Lipinski definition) is 0. The fourth-order valence-electron chi connectivity index (χ4n) is 2.41. The first-order valence-electron chi connectivity index (χ1n) is 4.79. The molecule has 2 aliphatic rings. The summed E-state index contributed by atoms with van der Waals surface area (Å²) < 4.78 is 5.50. The van der Waals surface area contributed by atoms with Gasteiger partial charge >= 0.3 is 0 Å². The Bertz CT molecular complexity index is 204. The minimum absolute atomic E-state index is 0.286. The smallest absolute Gasteiger partial charge is 0.0690 e. The van der Waals surface area contributed by atoms with Crippen molar-refractivity contribution in [3.63, 3.8) is 0 Å². The van der Waals surface area contributed by atoms with E-state index in [4.69, 9.17) is 4.74 Å². The molecule has 2 nitrogen and oxygen atoms in total. The molecule has 0 N–H and O–H groups in total. The van der Waals surface area contributed by atoms with Crippen LogP contribution < -0.4 is 0 Å². The highest BCUT2D eigenvalue weighted by Gasteiger charge is 2.43. The van der Waals surface area contributed by atoms with E-state index in [2.05, 4.69) is 24.8 Å². The van der Waals surface area contributed by atoms with Crippen molar-refractivity contribution in [3.05, 3.63) is 11.6 Å². The van der Waals surface area contributed by atoms with Gasteiger partial charge in [-0.3, -0.25) is 4.90 Å². The van der Waals surface area contributed by atoms with Crippen LogP contribution in [0.1, 0.15) is 20.3 Å². The molecule has 0 aromatic carbocycles. The molecule has 0 radical (unpaired) electrons. The fraction of sp³-hybridized carbons (Fsp3) is 0.800. The molecule has 2 heterocycles. The molecule has 1 saturated heterocycles. The Kier molecular flexibility index (Phi) is 1.97. The minimum Gasteiger partial charge on any atom is -0.379 e. The maximum absolute atomic E-state index is 5.50. The summed E-state index contributed by atoms with van der Waals surface area (Å²) in [5.41, 5.74) is 1.80. The highest BCUT2D eigenvalue weighted by molar-refractivity contribution is 5.26. The third-order valence-corrected chi connectivity index (χ3v) is 3.34. The van der Waals surface area contributed by atoms with Gasteiger partial charge in [-0.05, 0) is 19.9 Å². The number of hydrogen-bond acceptors (Lipinski definition) is 2. The second kappa shape index (κ2) is 2.86. The summed E-state index contributed by atoms with van der Waals surface area (Å²) in [5, 5.41) is 0. The Labute approximate surface area is 74.2 Å². The Morgan fingerprint density at radius 3 is 3.08 bits per heavy atom. The van der Waals surface area contributed by atoms with Crippen molar-refractivity contribution >= 4 is 0 Å². The third kappa shape index (κ3) is 0.947. The van der Waals surface area contributed by atoms with Crippen LogP contribution in [0.5, 0.6) is 0 Å². The molecule has 0 amide bonds. The van der Waals surface area contributed by atoms with Crippen LogP contribution in [0.3, 0.4) is 0 Å². The van der Waals surface area contributed by atoms with Gasteiger partial charge < -0.3 is 4.74 Å².